The highest BCUT2D eigenvalue weighted by Crippen LogP contribution is 2.34. The molecule has 0 aliphatic carbocycles. The first kappa shape index (κ1) is 11.6. The molecule has 2 aromatic carbocycles. The third-order valence-corrected chi connectivity index (χ3v) is 4.04. The normalized spacial score (nSPS) is 20.0. The van der Waals surface area contributed by atoms with Gasteiger partial charge in [-0.2, -0.15) is 0 Å². The molecule has 0 radical (unpaired) electrons. The van der Waals surface area contributed by atoms with E-state index in [4.69, 9.17) is 9.47 Å². The van der Waals surface area contributed by atoms with Gasteiger partial charge in [0.2, 0.25) is 0 Å². The van der Waals surface area contributed by atoms with E-state index < -0.39 is 0 Å². The minimum absolute atomic E-state index is 0.137. The molecule has 2 aliphatic heterocycles. The molecule has 2 nitrogen and oxygen atoms in total. The summed E-state index contributed by atoms with van der Waals surface area (Å²) in [5.74, 6) is 1.98. The average molecular weight is 264 g/mol. The zero-order valence-corrected chi connectivity index (χ0v) is 11.2. The number of para-hydroxylation sites is 2. The van der Waals surface area contributed by atoms with E-state index in [0.29, 0.717) is 0 Å². The van der Waals surface area contributed by atoms with Crippen molar-refractivity contribution in [1.82, 2.24) is 0 Å². The second-order valence-electron chi connectivity index (χ2n) is 5.35. The van der Waals surface area contributed by atoms with E-state index in [2.05, 4.69) is 30.3 Å². The summed E-state index contributed by atoms with van der Waals surface area (Å²) in [5.41, 5.74) is 3.78. The van der Waals surface area contributed by atoms with E-state index in [1.165, 1.54) is 16.7 Å². The van der Waals surface area contributed by atoms with Crippen molar-refractivity contribution in [3.63, 3.8) is 0 Å². The molecular formula is C18H16O2. The van der Waals surface area contributed by atoms with Gasteiger partial charge in [0.1, 0.15) is 17.6 Å². The lowest BCUT2D eigenvalue weighted by atomic mass is 9.93. The van der Waals surface area contributed by atoms with E-state index in [1.54, 1.807) is 0 Å². The van der Waals surface area contributed by atoms with E-state index in [0.717, 1.165) is 30.8 Å². The largest absolute Gasteiger partial charge is 0.486 e. The van der Waals surface area contributed by atoms with Gasteiger partial charge in [-0.15, -0.1) is 0 Å². The van der Waals surface area contributed by atoms with Gasteiger partial charge in [-0.1, -0.05) is 36.4 Å². The number of ether oxygens (including phenoxy) is 2. The molecule has 20 heavy (non-hydrogen) atoms. The smallest absolute Gasteiger partial charge is 0.130 e. The molecule has 0 bridgehead atoms. The molecular weight excluding hydrogens is 248 g/mol. The Hall–Kier alpha value is -2.22. The van der Waals surface area contributed by atoms with Crippen LogP contribution in [0.25, 0.3) is 0 Å². The number of aryl methyl sites for hydroxylation is 1. The quantitative estimate of drug-likeness (QED) is 0.777. The maximum atomic E-state index is 6.14. The Morgan fingerprint density at radius 3 is 2.50 bits per heavy atom. The lowest BCUT2D eigenvalue weighted by Crippen LogP contribution is -2.27. The minimum atomic E-state index is 0.137. The molecule has 2 heterocycles. The van der Waals surface area contributed by atoms with Crippen LogP contribution in [0.15, 0.2) is 60.4 Å². The number of rotatable bonds is 1. The van der Waals surface area contributed by atoms with Crippen molar-refractivity contribution < 1.29 is 9.47 Å². The third kappa shape index (κ3) is 1.97. The molecule has 100 valence electrons. The topological polar surface area (TPSA) is 18.5 Å². The molecule has 2 aliphatic rings. The van der Waals surface area contributed by atoms with Crippen molar-refractivity contribution in [2.45, 2.75) is 25.4 Å². The molecule has 1 unspecified atom stereocenters. The first-order chi connectivity index (χ1) is 9.90. The molecule has 1 atom stereocenters. The summed E-state index contributed by atoms with van der Waals surface area (Å²) < 4.78 is 11.9. The second-order valence-corrected chi connectivity index (χ2v) is 5.35. The van der Waals surface area contributed by atoms with Gasteiger partial charge in [-0.25, -0.2) is 0 Å². The first-order valence-corrected chi connectivity index (χ1v) is 7.08. The van der Waals surface area contributed by atoms with E-state index in [9.17, 15) is 0 Å². The van der Waals surface area contributed by atoms with Crippen LogP contribution in [0.1, 0.15) is 17.5 Å². The first-order valence-electron chi connectivity index (χ1n) is 7.08. The van der Waals surface area contributed by atoms with E-state index >= 15 is 0 Å². The Kier molecular flexibility index (Phi) is 2.73. The Labute approximate surface area is 118 Å². The van der Waals surface area contributed by atoms with E-state index in [-0.39, 0.29) is 6.10 Å². The molecule has 0 N–H and O–H groups in total. The summed E-state index contributed by atoms with van der Waals surface area (Å²) in [6.07, 6.45) is 5.02. The fraction of sp³-hybridized carbons (Fsp3) is 0.222. The fourth-order valence-electron chi connectivity index (χ4n) is 2.94. The summed E-state index contributed by atoms with van der Waals surface area (Å²) in [6, 6.07) is 16.5. The van der Waals surface area contributed by atoms with Gasteiger partial charge in [0, 0.05) is 12.0 Å². The zero-order chi connectivity index (χ0) is 13.4. The third-order valence-electron chi connectivity index (χ3n) is 4.04. The van der Waals surface area contributed by atoms with Gasteiger partial charge in [0.15, 0.2) is 0 Å². The van der Waals surface area contributed by atoms with Gasteiger partial charge in [0.25, 0.3) is 0 Å². The molecule has 0 amide bonds. The number of benzene rings is 2. The molecule has 2 aromatic rings. The predicted molar refractivity (Wildman–Crippen MR) is 78.0 cm³/mol. The molecule has 2 heteroatoms. The van der Waals surface area contributed by atoms with Crippen LogP contribution in [-0.2, 0) is 12.8 Å². The zero-order valence-electron chi connectivity index (χ0n) is 11.2. The molecule has 0 fully saturated rings. The molecule has 0 saturated heterocycles. The summed E-state index contributed by atoms with van der Waals surface area (Å²) >= 11 is 0. The Morgan fingerprint density at radius 2 is 1.60 bits per heavy atom. The summed E-state index contributed by atoms with van der Waals surface area (Å²) in [6.45, 7) is 0. The predicted octanol–water partition coefficient (Wildman–Crippen LogP) is 3.90. The van der Waals surface area contributed by atoms with Gasteiger partial charge < -0.3 is 9.47 Å². The van der Waals surface area contributed by atoms with Crippen molar-refractivity contribution >= 4 is 0 Å². The summed E-state index contributed by atoms with van der Waals surface area (Å²) in [4.78, 5) is 0. The van der Waals surface area contributed by atoms with Crippen LogP contribution in [0.5, 0.6) is 11.5 Å². The fourth-order valence-corrected chi connectivity index (χ4v) is 2.94. The van der Waals surface area contributed by atoms with Crippen LogP contribution < -0.4 is 9.47 Å². The van der Waals surface area contributed by atoms with E-state index in [1.807, 2.05) is 24.5 Å². The number of fused-ring (bicyclic) bond motifs is 2. The van der Waals surface area contributed by atoms with Crippen LogP contribution in [0.2, 0.25) is 0 Å². The average Bonchev–Trinajstić information content (AvgIpc) is 2.54. The standard InChI is InChI=1S/C18H16O2/c1-4-8-17-13(5-1)9-10-18(20-17)15-11-14-6-2-3-7-16(14)19-12-15/h1-8,12,18H,9-11H2. The van der Waals surface area contributed by atoms with Crippen molar-refractivity contribution in [3.8, 4) is 11.5 Å². The number of hydrogen-bond donors (Lipinski definition) is 0. The van der Waals surface area contributed by atoms with Crippen LogP contribution in [0.3, 0.4) is 0 Å². The Balaban J connectivity index is 1.57. The van der Waals surface area contributed by atoms with Gasteiger partial charge in [-0.3, -0.25) is 0 Å². The highest BCUT2D eigenvalue weighted by Gasteiger charge is 2.25. The molecule has 0 aromatic heterocycles. The summed E-state index contributed by atoms with van der Waals surface area (Å²) in [5, 5.41) is 0. The Bertz CT molecular complexity index is 673. The van der Waals surface area contributed by atoms with Crippen molar-refractivity contribution in [2.24, 2.45) is 0 Å². The van der Waals surface area contributed by atoms with Crippen LogP contribution in [-0.4, -0.2) is 6.10 Å². The van der Waals surface area contributed by atoms with Crippen LogP contribution >= 0.6 is 0 Å². The highest BCUT2D eigenvalue weighted by atomic mass is 16.5. The lowest BCUT2D eigenvalue weighted by Gasteiger charge is -2.29. The molecule has 0 spiro atoms. The number of hydrogen-bond acceptors (Lipinski definition) is 2. The second kappa shape index (κ2) is 4.71. The van der Waals surface area contributed by atoms with Crippen LogP contribution in [0.4, 0.5) is 0 Å². The Morgan fingerprint density at radius 1 is 0.850 bits per heavy atom. The van der Waals surface area contributed by atoms with Crippen molar-refractivity contribution in [2.75, 3.05) is 0 Å². The monoisotopic (exact) mass is 264 g/mol. The minimum Gasteiger partial charge on any atom is -0.486 e. The molecule has 4 rings (SSSR count). The lowest BCUT2D eigenvalue weighted by molar-refractivity contribution is 0.199. The highest BCUT2D eigenvalue weighted by molar-refractivity contribution is 5.42. The van der Waals surface area contributed by atoms with Crippen LogP contribution in [0, 0.1) is 0 Å². The van der Waals surface area contributed by atoms with Crippen molar-refractivity contribution in [1.29, 1.82) is 0 Å². The summed E-state index contributed by atoms with van der Waals surface area (Å²) in [7, 11) is 0. The van der Waals surface area contributed by atoms with Gasteiger partial charge in [-0.05, 0) is 36.1 Å². The molecule has 0 saturated carbocycles. The maximum Gasteiger partial charge on any atom is 0.130 e. The SMILES string of the molecule is C1=C(C2CCc3ccccc3O2)Cc2ccccc2O1. The maximum absolute atomic E-state index is 6.14. The van der Waals surface area contributed by atoms with Gasteiger partial charge in [0.05, 0.1) is 6.26 Å². The van der Waals surface area contributed by atoms with Gasteiger partial charge >= 0.3 is 0 Å². The van der Waals surface area contributed by atoms with Crippen molar-refractivity contribution in [3.05, 3.63) is 71.5 Å².